The van der Waals surface area contributed by atoms with E-state index >= 15 is 0 Å². The van der Waals surface area contributed by atoms with Gasteiger partial charge in [0.15, 0.2) is 0 Å². The van der Waals surface area contributed by atoms with Crippen LogP contribution in [0.5, 0.6) is 0 Å². The molecule has 0 aliphatic carbocycles. The Morgan fingerprint density at radius 1 is 1.56 bits per heavy atom. The van der Waals surface area contributed by atoms with Crippen LogP contribution in [0.3, 0.4) is 0 Å². The monoisotopic (exact) mass is 258 g/mol. The van der Waals surface area contributed by atoms with E-state index in [2.05, 4.69) is 16.2 Å². The van der Waals surface area contributed by atoms with Gasteiger partial charge in [0, 0.05) is 12.6 Å². The van der Waals surface area contributed by atoms with Crippen LogP contribution in [-0.2, 0) is 11.0 Å². The second-order valence-corrected chi connectivity index (χ2v) is 3.37. The van der Waals surface area contributed by atoms with Crippen LogP contribution in [0.2, 0.25) is 0 Å². The van der Waals surface area contributed by atoms with Gasteiger partial charge < -0.3 is 10.4 Å². The van der Waals surface area contributed by atoms with Crippen molar-refractivity contribution in [2.75, 3.05) is 5.32 Å². The Balaban J connectivity index is 2.80. The molecule has 1 unspecified atom stereocenters. The number of nitrogens with one attached hydrogen (secondary N) is 1. The summed E-state index contributed by atoms with van der Waals surface area (Å²) in [6.07, 6.45) is 1.03. The van der Waals surface area contributed by atoms with Crippen LogP contribution in [0.1, 0.15) is 12.0 Å². The van der Waals surface area contributed by atoms with Gasteiger partial charge in [-0.15, -0.1) is 12.3 Å². The number of anilines is 1. The molecule has 0 radical (unpaired) electrons. The van der Waals surface area contributed by atoms with Crippen molar-refractivity contribution < 1.29 is 23.1 Å². The topological polar surface area (TPSA) is 62.2 Å². The number of terminal acetylenes is 1. The minimum atomic E-state index is -4.48. The molecule has 18 heavy (non-hydrogen) atoms. The fraction of sp³-hybridized carbons (Fsp3) is 0.273. The molecule has 1 atom stereocenters. The Bertz CT molecular complexity index is 463. The van der Waals surface area contributed by atoms with E-state index in [0.717, 1.165) is 12.1 Å². The third kappa shape index (κ3) is 3.66. The zero-order valence-corrected chi connectivity index (χ0v) is 9.03. The zero-order valence-electron chi connectivity index (χ0n) is 9.03. The molecule has 1 aromatic heterocycles. The summed E-state index contributed by atoms with van der Waals surface area (Å²) in [5.74, 6) is 0.974. The average Bonchev–Trinajstić information content (AvgIpc) is 2.28. The fourth-order valence-corrected chi connectivity index (χ4v) is 1.14. The summed E-state index contributed by atoms with van der Waals surface area (Å²) in [4.78, 5) is 14.2. The lowest BCUT2D eigenvalue weighted by atomic mass is 10.2. The van der Waals surface area contributed by atoms with Crippen molar-refractivity contribution in [3.8, 4) is 12.3 Å². The number of aliphatic carboxylic acids is 1. The van der Waals surface area contributed by atoms with Gasteiger partial charge in [0.05, 0.1) is 5.56 Å². The Morgan fingerprint density at radius 2 is 2.22 bits per heavy atom. The fourth-order valence-electron chi connectivity index (χ4n) is 1.14. The van der Waals surface area contributed by atoms with Crippen molar-refractivity contribution in [2.45, 2.75) is 18.6 Å². The predicted octanol–water partition coefficient (Wildman–Crippen LogP) is 1.99. The van der Waals surface area contributed by atoms with E-state index in [4.69, 9.17) is 11.5 Å². The lowest BCUT2D eigenvalue weighted by Gasteiger charge is -2.13. The van der Waals surface area contributed by atoms with E-state index in [1.54, 1.807) is 0 Å². The summed E-state index contributed by atoms with van der Waals surface area (Å²) in [7, 11) is 0. The third-order valence-corrected chi connectivity index (χ3v) is 2.03. The van der Waals surface area contributed by atoms with Gasteiger partial charge in [-0.1, -0.05) is 0 Å². The van der Waals surface area contributed by atoms with Crippen molar-refractivity contribution in [2.24, 2.45) is 0 Å². The summed E-state index contributed by atoms with van der Waals surface area (Å²) in [6.45, 7) is 0. The molecule has 1 rings (SSSR count). The highest BCUT2D eigenvalue weighted by atomic mass is 19.4. The van der Waals surface area contributed by atoms with Gasteiger partial charge >= 0.3 is 12.1 Å². The third-order valence-electron chi connectivity index (χ3n) is 2.03. The average molecular weight is 258 g/mol. The Kier molecular flexibility index (Phi) is 4.15. The summed E-state index contributed by atoms with van der Waals surface area (Å²) in [6, 6.07) is 0.776. The zero-order chi connectivity index (χ0) is 13.8. The van der Waals surface area contributed by atoms with Gasteiger partial charge in [0.1, 0.15) is 11.9 Å². The number of hydrogen-bond donors (Lipinski definition) is 2. The number of rotatable bonds is 4. The molecule has 0 amide bonds. The van der Waals surface area contributed by atoms with Crippen LogP contribution < -0.4 is 5.32 Å². The van der Waals surface area contributed by atoms with Gasteiger partial charge in [0.25, 0.3) is 0 Å². The van der Waals surface area contributed by atoms with Crippen molar-refractivity contribution in [1.82, 2.24) is 4.98 Å². The molecular weight excluding hydrogens is 249 g/mol. The minimum absolute atomic E-state index is 0.0191. The van der Waals surface area contributed by atoms with Gasteiger partial charge in [-0.3, -0.25) is 0 Å². The number of carboxylic acids is 1. The molecule has 2 N–H and O–H groups in total. The number of nitrogens with zero attached hydrogens (tertiary/aromatic N) is 1. The van der Waals surface area contributed by atoms with Crippen molar-refractivity contribution >= 4 is 11.8 Å². The lowest BCUT2D eigenvalue weighted by molar-refractivity contribution is -0.138. The van der Waals surface area contributed by atoms with Crippen molar-refractivity contribution in [3.05, 3.63) is 23.9 Å². The van der Waals surface area contributed by atoms with Crippen LogP contribution in [0.25, 0.3) is 0 Å². The maximum Gasteiger partial charge on any atom is 0.417 e. The van der Waals surface area contributed by atoms with Crippen LogP contribution in [0.15, 0.2) is 18.3 Å². The molecule has 4 nitrogen and oxygen atoms in total. The molecule has 0 saturated heterocycles. The first kappa shape index (κ1) is 13.8. The SMILES string of the molecule is C#CCC(Nc1ccc(C(F)(F)F)cn1)C(=O)O. The molecule has 0 aliphatic heterocycles. The molecule has 1 aromatic rings. The molecule has 96 valence electrons. The second-order valence-electron chi connectivity index (χ2n) is 3.37. The molecular formula is C11H9F3N2O2. The van der Waals surface area contributed by atoms with Crippen LogP contribution in [0.4, 0.5) is 19.0 Å². The number of aromatic nitrogens is 1. The van der Waals surface area contributed by atoms with Crippen molar-refractivity contribution in [1.29, 1.82) is 0 Å². The van der Waals surface area contributed by atoms with Crippen molar-refractivity contribution in [3.63, 3.8) is 0 Å². The summed E-state index contributed by atoms with van der Waals surface area (Å²) in [5, 5.41) is 11.2. The largest absolute Gasteiger partial charge is 0.480 e. The highest BCUT2D eigenvalue weighted by Gasteiger charge is 2.30. The Morgan fingerprint density at radius 3 is 2.61 bits per heavy atom. The molecule has 0 aromatic carbocycles. The minimum Gasteiger partial charge on any atom is -0.480 e. The van der Waals surface area contributed by atoms with Crippen LogP contribution in [-0.4, -0.2) is 22.1 Å². The highest BCUT2D eigenvalue weighted by Crippen LogP contribution is 2.28. The summed E-state index contributed by atoms with van der Waals surface area (Å²) >= 11 is 0. The van der Waals surface area contributed by atoms with E-state index in [1.807, 2.05) is 0 Å². The van der Waals surface area contributed by atoms with Gasteiger partial charge in [-0.25, -0.2) is 9.78 Å². The number of pyridine rings is 1. The number of carboxylic acid groups (broad SMARTS) is 1. The number of alkyl halides is 3. The Hall–Kier alpha value is -2.23. The number of carbonyl (C=O) groups is 1. The maximum atomic E-state index is 12.3. The molecule has 0 bridgehead atoms. The first-order valence-corrected chi connectivity index (χ1v) is 4.80. The molecule has 0 spiro atoms. The Labute approximate surface area is 101 Å². The smallest absolute Gasteiger partial charge is 0.417 e. The molecule has 7 heteroatoms. The van der Waals surface area contributed by atoms with E-state index in [1.165, 1.54) is 0 Å². The maximum absolute atomic E-state index is 12.3. The number of halogens is 3. The molecule has 0 saturated carbocycles. The van der Waals surface area contributed by atoms with E-state index in [-0.39, 0.29) is 12.2 Å². The predicted molar refractivity (Wildman–Crippen MR) is 57.7 cm³/mol. The quantitative estimate of drug-likeness (QED) is 0.811. The van der Waals surface area contributed by atoms with E-state index in [9.17, 15) is 18.0 Å². The standard InChI is InChI=1S/C11H9F3N2O2/c1-2-3-8(10(17)18)16-9-5-4-7(6-15-9)11(12,13)14/h1,4-6,8H,3H2,(H,15,16)(H,17,18). The van der Waals surface area contributed by atoms with E-state index in [0.29, 0.717) is 6.20 Å². The lowest BCUT2D eigenvalue weighted by Crippen LogP contribution is -2.29. The first-order valence-electron chi connectivity index (χ1n) is 4.80. The number of hydrogen-bond acceptors (Lipinski definition) is 3. The van der Waals surface area contributed by atoms with Gasteiger partial charge in [0.2, 0.25) is 0 Å². The first-order chi connectivity index (χ1) is 8.34. The molecule has 0 fully saturated rings. The van der Waals surface area contributed by atoms with Gasteiger partial charge in [-0.05, 0) is 12.1 Å². The van der Waals surface area contributed by atoms with E-state index < -0.39 is 23.8 Å². The summed E-state index contributed by atoms with van der Waals surface area (Å²) in [5.41, 5.74) is -0.906. The molecule has 0 aliphatic rings. The summed E-state index contributed by atoms with van der Waals surface area (Å²) < 4.78 is 36.8. The second kappa shape index (κ2) is 5.40. The van der Waals surface area contributed by atoms with Crippen LogP contribution in [0, 0.1) is 12.3 Å². The van der Waals surface area contributed by atoms with Gasteiger partial charge in [-0.2, -0.15) is 13.2 Å². The normalized spacial score (nSPS) is 12.6. The molecule has 1 heterocycles. The van der Waals surface area contributed by atoms with Crippen LogP contribution >= 0.6 is 0 Å². The highest BCUT2D eigenvalue weighted by molar-refractivity contribution is 5.77.